The summed E-state index contributed by atoms with van der Waals surface area (Å²) < 4.78 is 1.46. The largest absolute Gasteiger partial charge is 0.322 e. The highest BCUT2D eigenvalue weighted by Crippen LogP contribution is 2.18. The molecule has 0 spiro atoms. The average molecular weight is 338 g/mol. The number of rotatable bonds is 3. The lowest BCUT2D eigenvalue weighted by Gasteiger charge is -2.06. The van der Waals surface area contributed by atoms with E-state index in [2.05, 4.69) is 16.4 Å². The highest BCUT2D eigenvalue weighted by atomic mass is 32.1. The zero-order valence-electron chi connectivity index (χ0n) is 13.2. The number of amides is 1. The Bertz CT molecular complexity index is 1030. The van der Waals surface area contributed by atoms with Crippen LogP contribution in [-0.4, -0.2) is 15.3 Å². The van der Waals surface area contributed by atoms with Crippen LogP contribution in [0.2, 0.25) is 0 Å². The molecule has 2 heterocycles. The molecule has 0 saturated heterocycles. The maximum Gasteiger partial charge on any atom is 0.271 e. The Morgan fingerprint density at radius 1 is 1.33 bits per heavy atom. The minimum atomic E-state index is -0.502. The Morgan fingerprint density at radius 2 is 2.04 bits per heavy atom. The van der Waals surface area contributed by atoms with Gasteiger partial charge >= 0.3 is 0 Å². The topological polar surface area (TPSA) is 87.3 Å². The normalized spacial score (nSPS) is 10.5. The van der Waals surface area contributed by atoms with E-state index in [1.165, 1.54) is 21.9 Å². The maximum atomic E-state index is 12.6. The lowest BCUT2D eigenvalue weighted by Crippen LogP contribution is -2.26. The Kier molecular flexibility index (Phi) is 4.15. The van der Waals surface area contributed by atoms with Crippen molar-refractivity contribution in [2.75, 3.05) is 5.32 Å². The molecule has 2 aromatic heterocycles. The van der Waals surface area contributed by atoms with Crippen LogP contribution in [0.5, 0.6) is 0 Å². The van der Waals surface area contributed by atoms with E-state index < -0.39 is 5.91 Å². The Balaban J connectivity index is 1.91. The molecule has 3 aromatic rings. The van der Waals surface area contributed by atoms with Crippen LogP contribution in [0.1, 0.15) is 26.5 Å². The molecule has 7 heteroatoms. The summed E-state index contributed by atoms with van der Waals surface area (Å²) in [6, 6.07) is 8.99. The molecular weight excluding hydrogens is 324 g/mol. The van der Waals surface area contributed by atoms with Crippen molar-refractivity contribution in [1.29, 1.82) is 5.26 Å². The van der Waals surface area contributed by atoms with Crippen LogP contribution >= 0.6 is 11.3 Å². The summed E-state index contributed by atoms with van der Waals surface area (Å²) in [4.78, 5) is 30.7. The van der Waals surface area contributed by atoms with Crippen LogP contribution in [0.3, 0.4) is 0 Å². The molecule has 24 heavy (non-hydrogen) atoms. The van der Waals surface area contributed by atoms with E-state index in [0.717, 1.165) is 16.1 Å². The van der Waals surface area contributed by atoms with Crippen molar-refractivity contribution in [2.24, 2.45) is 0 Å². The summed E-state index contributed by atoms with van der Waals surface area (Å²) in [5.74, 6) is -0.502. The van der Waals surface area contributed by atoms with Gasteiger partial charge in [-0.15, -0.1) is 11.3 Å². The molecule has 6 nitrogen and oxygen atoms in total. The fourth-order valence-corrected chi connectivity index (χ4v) is 3.26. The molecule has 120 valence electrons. The van der Waals surface area contributed by atoms with Crippen molar-refractivity contribution in [3.63, 3.8) is 0 Å². The smallest absolute Gasteiger partial charge is 0.271 e. The highest BCUT2D eigenvalue weighted by Gasteiger charge is 2.16. The minimum Gasteiger partial charge on any atom is -0.322 e. The second-order valence-electron chi connectivity index (χ2n) is 5.32. The summed E-state index contributed by atoms with van der Waals surface area (Å²) >= 11 is 1.42. The number of aryl methyl sites for hydroxylation is 2. The van der Waals surface area contributed by atoms with E-state index in [-0.39, 0.29) is 11.1 Å². The van der Waals surface area contributed by atoms with Crippen molar-refractivity contribution in [3.8, 4) is 6.07 Å². The molecular formula is C17H14N4O2S. The third-order valence-electron chi connectivity index (χ3n) is 3.76. The van der Waals surface area contributed by atoms with Gasteiger partial charge in [0.25, 0.3) is 11.5 Å². The number of carbonyl (C=O) groups is 1. The van der Waals surface area contributed by atoms with Gasteiger partial charge in [0.15, 0.2) is 4.96 Å². The molecule has 3 rings (SSSR count). The zero-order chi connectivity index (χ0) is 17.3. The SMILES string of the molecule is Cc1sc2ncc(C(=O)Nc3ccc(CC#N)cc3)c(=O)n2c1C. The monoisotopic (exact) mass is 338 g/mol. The highest BCUT2D eigenvalue weighted by molar-refractivity contribution is 7.17. The van der Waals surface area contributed by atoms with Gasteiger partial charge in [0.05, 0.1) is 12.5 Å². The molecule has 0 aliphatic rings. The number of nitrogens with one attached hydrogen (secondary N) is 1. The van der Waals surface area contributed by atoms with Gasteiger partial charge in [-0.3, -0.25) is 14.0 Å². The molecule has 0 aliphatic heterocycles. The molecule has 0 unspecified atom stereocenters. The fourth-order valence-electron chi connectivity index (χ4n) is 2.33. The molecule has 0 radical (unpaired) electrons. The Hall–Kier alpha value is -2.98. The molecule has 0 atom stereocenters. The lowest BCUT2D eigenvalue weighted by atomic mass is 10.1. The van der Waals surface area contributed by atoms with Crippen LogP contribution in [-0.2, 0) is 6.42 Å². The summed E-state index contributed by atoms with van der Waals surface area (Å²) in [7, 11) is 0. The van der Waals surface area contributed by atoms with Crippen LogP contribution in [0.25, 0.3) is 4.96 Å². The number of aromatic nitrogens is 2. The first-order chi connectivity index (χ1) is 11.5. The zero-order valence-corrected chi connectivity index (χ0v) is 14.0. The molecule has 0 aliphatic carbocycles. The van der Waals surface area contributed by atoms with Crippen LogP contribution in [0.4, 0.5) is 5.69 Å². The van der Waals surface area contributed by atoms with E-state index in [0.29, 0.717) is 17.1 Å². The van der Waals surface area contributed by atoms with Crippen molar-refractivity contribution in [2.45, 2.75) is 20.3 Å². The van der Waals surface area contributed by atoms with Gasteiger partial charge < -0.3 is 5.32 Å². The van der Waals surface area contributed by atoms with Crippen LogP contribution in [0.15, 0.2) is 35.3 Å². The second kappa shape index (κ2) is 6.26. The molecule has 1 amide bonds. The van der Waals surface area contributed by atoms with Crippen molar-refractivity contribution >= 4 is 27.9 Å². The second-order valence-corrected chi connectivity index (χ2v) is 6.51. The number of nitrogens with zero attached hydrogens (tertiary/aromatic N) is 3. The first kappa shape index (κ1) is 15.9. The number of hydrogen-bond donors (Lipinski definition) is 1. The number of benzene rings is 1. The third-order valence-corrected chi connectivity index (χ3v) is 4.83. The van der Waals surface area contributed by atoms with E-state index in [9.17, 15) is 9.59 Å². The van der Waals surface area contributed by atoms with E-state index in [1.54, 1.807) is 24.3 Å². The van der Waals surface area contributed by atoms with Gasteiger partial charge in [-0.25, -0.2) is 4.98 Å². The standard InChI is InChI=1S/C17H14N4O2S/c1-10-11(2)24-17-19-9-14(16(23)21(10)17)15(22)20-13-5-3-12(4-6-13)7-8-18/h3-6,9H,7H2,1-2H3,(H,20,22). The predicted molar refractivity (Wildman–Crippen MR) is 92.5 cm³/mol. The first-order valence-corrected chi connectivity index (χ1v) is 8.08. The van der Waals surface area contributed by atoms with Gasteiger partial charge in [0, 0.05) is 22.5 Å². The van der Waals surface area contributed by atoms with Gasteiger partial charge in [0.2, 0.25) is 0 Å². The van der Waals surface area contributed by atoms with Crippen LogP contribution in [0, 0.1) is 25.2 Å². The summed E-state index contributed by atoms with van der Waals surface area (Å²) in [5, 5.41) is 11.3. The Labute approximate surface area is 142 Å². The van der Waals surface area contributed by atoms with E-state index >= 15 is 0 Å². The number of thiazole rings is 1. The van der Waals surface area contributed by atoms with Gasteiger partial charge in [-0.1, -0.05) is 12.1 Å². The number of anilines is 1. The number of carbonyl (C=O) groups excluding carboxylic acids is 1. The average Bonchev–Trinajstić information content (AvgIpc) is 2.85. The number of fused-ring (bicyclic) bond motifs is 1. The molecule has 0 bridgehead atoms. The molecule has 0 fully saturated rings. The Morgan fingerprint density at radius 3 is 2.71 bits per heavy atom. The molecule has 1 N–H and O–H groups in total. The number of hydrogen-bond acceptors (Lipinski definition) is 5. The van der Waals surface area contributed by atoms with Gasteiger partial charge in [-0.2, -0.15) is 5.26 Å². The van der Waals surface area contributed by atoms with Crippen molar-refractivity contribution in [3.05, 3.63) is 62.5 Å². The van der Waals surface area contributed by atoms with Crippen molar-refractivity contribution in [1.82, 2.24) is 9.38 Å². The van der Waals surface area contributed by atoms with Crippen molar-refractivity contribution < 1.29 is 4.79 Å². The quantitative estimate of drug-likeness (QED) is 0.795. The fraction of sp³-hybridized carbons (Fsp3) is 0.176. The molecule has 0 saturated carbocycles. The van der Waals surface area contributed by atoms with E-state index in [4.69, 9.17) is 5.26 Å². The first-order valence-electron chi connectivity index (χ1n) is 7.26. The minimum absolute atomic E-state index is 0.00509. The predicted octanol–water partition coefficient (Wildman–Crippen LogP) is 2.69. The summed E-state index contributed by atoms with van der Waals surface area (Å²) in [6.45, 7) is 3.74. The third kappa shape index (κ3) is 2.79. The van der Waals surface area contributed by atoms with Crippen LogP contribution < -0.4 is 10.9 Å². The van der Waals surface area contributed by atoms with Gasteiger partial charge in [0.1, 0.15) is 5.56 Å². The maximum absolute atomic E-state index is 12.6. The van der Waals surface area contributed by atoms with E-state index in [1.807, 2.05) is 13.8 Å². The summed E-state index contributed by atoms with van der Waals surface area (Å²) in [5.41, 5.74) is 1.84. The van der Waals surface area contributed by atoms with Gasteiger partial charge in [-0.05, 0) is 31.5 Å². The summed E-state index contributed by atoms with van der Waals surface area (Å²) in [6.07, 6.45) is 1.62. The molecule has 1 aromatic carbocycles. The lowest BCUT2D eigenvalue weighted by molar-refractivity contribution is 0.102. The number of nitriles is 1.